The standard InChI is InChI=1S/C6H16BN3O3S/c7-10-6(11)4-2-1-3-5-9-14(8,12)13/h9H,1-5,7H2,(H,10,11)(H2,8,12,13). The summed E-state index contributed by atoms with van der Waals surface area (Å²) >= 11 is 0. The zero-order chi connectivity index (χ0) is 11.0. The molecule has 0 saturated carbocycles. The second kappa shape index (κ2) is 6.80. The fourth-order valence-corrected chi connectivity index (χ4v) is 1.36. The molecule has 0 fully saturated rings. The number of amides is 1. The summed E-state index contributed by atoms with van der Waals surface area (Å²) in [5.41, 5.74) is 0. The molecule has 0 unspecified atom stereocenters. The Morgan fingerprint density at radius 3 is 2.43 bits per heavy atom. The van der Waals surface area contributed by atoms with E-state index in [0.29, 0.717) is 19.4 Å². The number of hydrogen-bond acceptors (Lipinski definition) is 3. The molecule has 6 nitrogen and oxygen atoms in total. The Morgan fingerprint density at radius 1 is 1.29 bits per heavy atom. The number of nitrogens with one attached hydrogen (secondary N) is 2. The predicted molar refractivity (Wildman–Crippen MR) is 56.3 cm³/mol. The molecule has 0 heterocycles. The summed E-state index contributed by atoms with van der Waals surface area (Å²) in [4.78, 5) is 10.8. The number of hydrogen-bond donors (Lipinski definition) is 3. The van der Waals surface area contributed by atoms with Gasteiger partial charge in [0.2, 0.25) is 13.9 Å². The van der Waals surface area contributed by atoms with Crippen molar-refractivity contribution in [1.82, 2.24) is 9.95 Å². The highest BCUT2D eigenvalue weighted by molar-refractivity contribution is 7.87. The molecule has 0 aromatic rings. The maximum absolute atomic E-state index is 10.8. The molecule has 0 bridgehead atoms. The Balaban J connectivity index is 3.27. The van der Waals surface area contributed by atoms with E-state index in [1.54, 1.807) is 7.98 Å². The maximum atomic E-state index is 10.8. The molecule has 0 saturated heterocycles. The van der Waals surface area contributed by atoms with Gasteiger partial charge in [-0.05, 0) is 12.8 Å². The van der Waals surface area contributed by atoms with Crippen LogP contribution in [-0.2, 0) is 15.0 Å². The molecule has 14 heavy (non-hydrogen) atoms. The van der Waals surface area contributed by atoms with Crippen molar-refractivity contribution < 1.29 is 13.2 Å². The average molecular weight is 221 g/mol. The predicted octanol–water partition coefficient (Wildman–Crippen LogP) is -2.00. The normalized spacial score (nSPS) is 11.2. The summed E-state index contributed by atoms with van der Waals surface area (Å²) in [6, 6.07) is 0. The minimum Gasteiger partial charge on any atom is -0.406 e. The first kappa shape index (κ1) is 13.4. The number of unbranched alkanes of at least 4 members (excludes halogenated alkanes) is 2. The minimum atomic E-state index is -3.56. The van der Waals surface area contributed by atoms with E-state index in [2.05, 4.69) is 9.95 Å². The molecule has 0 aromatic heterocycles. The topological polar surface area (TPSA) is 101 Å². The van der Waals surface area contributed by atoms with E-state index < -0.39 is 10.2 Å². The second-order valence-corrected chi connectivity index (χ2v) is 4.30. The van der Waals surface area contributed by atoms with Crippen LogP contribution in [-0.4, -0.2) is 28.9 Å². The van der Waals surface area contributed by atoms with Gasteiger partial charge in [0.25, 0.3) is 10.2 Å². The molecule has 4 N–H and O–H groups in total. The van der Waals surface area contributed by atoms with Crippen LogP contribution in [0.4, 0.5) is 0 Å². The molecule has 8 heteroatoms. The SMILES string of the molecule is BNC(=O)CCCCCNS(N)(=O)=O. The van der Waals surface area contributed by atoms with Crippen LogP contribution >= 0.6 is 0 Å². The Kier molecular flexibility index (Phi) is 6.51. The summed E-state index contributed by atoms with van der Waals surface area (Å²) in [6.45, 7) is 0.326. The van der Waals surface area contributed by atoms with Crippen LogP contribution in [0.5, 0.6) is 0 Å². The van der Waals surface area contributed by atoms with Crippen LogP contribution in [0.2, 0.25) is 0 Å². The van der Waals surface area contributed by atoms with Crippen molar-refractivity contribution in [2.45, 2.75) is 25.7 Å². The molecular weight excluding hydrogens is 205 g/mol. The van der Waals surface area contributed by atoms with E-state index in [1.165, 1.54) is 0 Å². The van der Waals surface area contributed by atoms with Gasteiger partial charge in [-0.2, -0.15) is 8.42 Å². The Labute approximate surface area is 85.2 Å². The lowest BCUT2D eigenvalue weighted by atomic mass is 10.2. The van der Waals surface area contributed by atoms with E-state index >= 15 is 0 Å². The van der Waals surface area contributed by atoms with Crippen LogP contribution in [0, 0.1) is 0 Å². The highest BCUT2D eigenvalue weighted by Gasteiger charge is 2.00. The van der Waals surface area contributed by atoms with Gasteiger partial charge in [-0.25, -0.2) is 9.86 Å². The van der Waals surface area contributed by atoms with Crippen LogP contribution in [0.25, 0.3) is 0 Å². The van der Waals surface area contributed by atoms with Gasteiger partial charge in [0.05, 0.1) is 0 Å². The summed E-state index contributed by atoms with van der Waals surface area (Å²) in [5.74, 6) is 0.00408. The third-order valence-corrected chi connectivity index (χ3v) is 2.27. The quantitative estimate of drug-likeness (QED) is 0.342. The van der Waals surface area contributed by atoms with Crippen molar-refractivity contribution in [3.63, 3.8) is 0 Å². The third-order valence-electron chi connectivity index (χ3n) is 1.66. The van der Waals surface area contributed by atoms with Crippen molar-refractivity contribution in [3.8, 4) is 0 Å². The van der Waals surface area contributed by atoms with Gasteiger partial charge in [0, 0.05) is 13.0 Å². The summed E-state index contributed by atoms with van der Waals surface area (Å²) in [5, 5.41) is 7.23. The second-order valence-electron chi connectivity index (χ2n) is 2.92. The third kappa shape index (κ3) is 9.49. The van der Waals surface area contributed by atoms with E-state index in [1.807, 2.05) is 0 Å². The molecule has 0 aromatic carbocycles. The van der Waals surface area contributed by atoms with Gasteiger partial charge in [-0.3, -0.25) is 4.79 Å². The van der Waals surface area contributed by atoms with Gasteiger partial charge in [0.15, 0.2) is 0 Å². The highest BCUT2D eigenvalue weighted by atomic mass is 32.2. The zero-order valence-electron chi connectivity index (χ0n) is 8.25. The maximum Gasteiger partial charge on any atom is 0.274 e. The van der Waals surface area contributed by atoms with Crippen molar-refractivity contribution in [1.29, 1.82) is 0 Å². The fraction of sp³-hybridized carbons (Fsp3) is 0.833. The Bertz CT molecular complexity index is 267. The smallest absolute Gasteiger partial charge is 0.274 e. The monoisotopic (exact) mass is 221 g/mol. The van der Waals surface area contributed by atoms with Crippen LogP contribution in [0.1, 0.15) is 25.7 Å². The minimum absolute atomic E-state index is 0.00408. The lowest BCUT2D eigenvalue weighted by Gasteiger charge is -2.01. The van der Waals surface area contributed by atoms with Gasteiger partial charge < -0.3 is 5.23 Å². The van der Waals surface area contributed by atoms with Crippen molar-refractivity contribution in [2.24, 2.45) is 5.14 Å². The van der Waals surface area contributed by atoms with Crippen LogP contribution < -0.4 is 15.1 Å². The largest absolute Gasteiger partial charge is 0.406 e. The first-order chi connectivity index (χ1) is 6.45. The van der Waals surface area contributed by atoms with Crippen molar-refractivity contribution in [3.05, 3.63) is 0 Å². The lowest BCUT2D eigenvalue weighted by Crippen LogP contribution is -2.31. The molecule has 0 radical (unpaired) electrons. The Hall–Kier alpha value is -0.595. The van der Waals surface area contributed by atoms with E-state index in [0.717, 1.165) is 12.8 Å². The average Bonchev–Trinajstić information content (AvgIpc) is 2.08. The van der Waals surface area contributed by atoms with Crippen LogP contribution in [0.3, 0.4) is 0 Å². The van der Waals surface area contributed by atoms with E-state index in [-0.39, 0.29) is 5.91 Å². The van der Waals surface area contributed by atoms with Gasteiger partial charge in [0.1, 0.15) is 0 Å². The summed E-state index contributed by atoms with van der Waals surface area (Å²) < 4.78 is 23.0. The van der Waals surface area contributed by atoms with Gasteiger partial charge >= 0.3 is 0 Å². The number of nitrogens with two attached hydrogens (primary N) is 1. The Morgan fingerprint density at radius 2 is 1.93 bits per heavy atom. The zero-order valence-corrected chi connectivity index (χ0v) is 9.06. The van der Waals surface area contributed by atoms with Crippen molar-refractivity contribution in [2.75, 3.05) is 6.54 Å². The molecule has 0 spiro atoms. The van der Waals surface area contributed by atoms with Crippen LogP contribution in [0.15, 0.2) is 0 Å². The highest BCUT2D eigenvalue weighted by Crippen LogP contribution is 1.98. The summed E-state index contributed by atoms with van der Waals surface area (Å²) in [7, 11) is -1.97. The molecule has 0 atom stereocenters. The number of carbonyl (C=O) groups is 1. The molecule has 0 aliphatic heterocycles. The lowest BCUT2D eigenvalue weighted by molar-refractivity contribution is -0.119. The fourth-order valence-electron chi connectivity index (χ4n) is 0.927. The molecular formula is C6H16BN3O3S. The number of carbonyl (C=O) groups excluding carboxylic acids is 1. The molecule has 0 aliphatic rings. The summed E-state index contributed by atoms with van der Waals surface area (Å²) in [6.07, 6.45) is 2.72. The van der Waals surface area contributed by atoms with Gasteiger partial charge in [-0.15, -0.1) is 0 Å². The molecule has 0 aliphatic carbocycles. The molecule has 0 rings (SSSR count). The molecule has 1 amide bonds. The van der Waals surface area contributed by atoms with Gasteiger partial charge in [-0.1, -0.05) is 6.42 Å². The first-order valence-corrected chi connectivity index (χ1v) is 5.98. The van der Waals surface area contributed by atoms with E-state index in [4.69, 9.17) is 5.14 Å². The first-order valence-electron chi connectivity index (χ1n) is 4.43. The van der Waals surface area contributed by atoms with E-state index in [9.17, 15) is 13.2 Å². The molecule has 82 valence electrons. The number of rotatable bonds is 7. The van der Waals surface area contributed by atoms with Crippen molar-refractivity contribution >= 4 is 24.1 Å².